The Balaban J connectivity index is 1.46. The summed E-state index contributed by atoms with van der Waals surface area (Å²) in [5.74, 6) is -0.205. The zero-order valence-corrected chi connectivity index (χ0v) is 16.1. The molecule has 0 spiro atoms. The zero-order valence-electron chi connectivity index (χ0n) is 16.1. The van der Waals surface area contributed by atoms with E-state index in [0.29, 0.717) is 17.8 Å². The predicted octanol–water partition coefficient (Wildman–Crippen LogP) is 4.51. The van der Waals surface area contributed by atoms with Crippen molar-refractivity contribution in [1.29, 1.82) is 0 Å². The fourth-order valence-electron chi connectivity index (χ4n) is 3.01. The van der Waals surface area contributed by atoms with Crippen molar-refractivity contribution in [1.82, 2.24) is 5.32 Å². The highest BCUT2D eigenvalue weighted by molar-refractivity contribution is 6.02. The minimum absolute atomic E-state index is 0.121. The molecule has 28 heavy (non-hydrogen) atoms. The number of hydrogen-bond acceptors (Lipinski definition) is 3. The second kappa shape index (κ2) is 9.04. The monoisotopic (exact) mass is 376 g/mol. The van der Waals surface area contributed by atoms with Crippen molar-refractivity contribution in [3.8, 4) is 0 Å². The van der Waals surface area contributed by atoms with Gasteiger partial charge in [0.2, 0.25) is 0 Å². The van der Waals surface area contributed by atoms with Gasteiger partial charge in [0, 0.05) is 17.8 Å². The van der Waals surface area contributed by atoms with Gasteiger partial charge in [0.05, 0.1) is 6.26 Å². The first-order valence-electron chi connectivity index (χ1n) is 9.32. The molecule has 0 radical (unpaired) electrons. The number of carbonyl (C=O) groups excluding carboxylic acids is 2. The van der Waals surface area contributed by atoms with Crippen LogP contribution in [-0.2, 0) is 6.42 Å². The van der Waals surface area contributed by atoms with Gasteiger partial charge in [0.1, 0.15) is 0 Å². The molecule has 2 aromatic carbocycles. The van der Waals surface area contributed by atoms with Gasteiger partial charge in [-0.25, -0.2) is 0 Å². The van der Waals surface area contributed by atoms with Gasteiger partial charge in [-0.3, -0.25) is 9.59 Å². The minimum Gasteiger partial charge on any atom is -0.459 e. The van der Waals surface area contributed by atoms with Crippen molar-refractivity contribution in [2.24, 2.45) is 0 Å². The quantitative estimate of drug-likeness (QED) is 0.596. The molecule has 0 bridgehead atoms. The Morgan fingerprint density at radius 3 is 2.43 bits per heavy atom. The summed E-state index contributed by atoms with van der Waals surface area (Å²) in [5, 5.41) is 5.67. The Kier molecular flexibility index (Phi) is 6.27. The van der Waals surface area contributed by atoms with Crippen LogP contribution in [0, 0.1) is 13.8 Å². The summed E-state index contributed by atoms with van der Waals surface area (Å²) in [5.41, 5.74) is 5.03. The molecule has 2 amide bonds. The highest BCUT2D eigenvalue weighted by Crippen LogP contribution is 2.13. The van der Waals surface area contributed by atoms with Gasteiger partial charge < -0.3 is 15.1 Å². The van der Waals surface area contributed by atoms with Crippen LogP contribution in [0.2, 0.25) is 0 Å². The summed E-state index contributed by atoms with van der Waals surface area (Å²) in [7, 11) is 0. The molecule has 0 unspecified atom stereocenters. The number of rotatable bonds is 7. The van der Waals surface area contributed by atoms with Gasteiger partial charge in [0.15, 0.2) is 5.76 Å². The van der Waals surface area contributed by atoms with Gasteiger partial charge in [-0.2, -0.15) is 0 Å². The Hall–Kier alpha value is -3.34. The summed E-state index contributed by atoms with van der Waals surface area (Å²) < 4.78 is 5.05. The Bertz CT molecular complexity index is 944. The highest BCUT2D eigenvalue weighted by atomic mass is 16.3. The fourth-order valence-corrected chi connectivity index (χ4v) is 3.01. The number of carbonyl (C=O) groups is 2. The third-order valence-electron chi connectivity index (χ3n) is 4.56. The van der Waals surface area contributed by atoms with Crippen LogP contribution in [0.3, 0.4) is 0 Å². The molecule has 0 aliphatic heterocycles. The fraction of sp³-hybridized carbons (Fsp3) is 0.217. The minimum atomic E-state index is -0.325. The van der Waals surface area contributed by atoms with Crippen molar-refractivity contribution >= 4 is 17.5 Å². The van der Waals surface area contributed by atoms with E-state index < -0.39 is 0 Å². The first kappa shape index (κ1) is 19.4. The Morgan fingerprint density at radius 1 is 0.964 bits per heavy atom. The second-order valence-electron chi connectivity index (χ2n) is 6.80. The Labute approximate surface area is 164 Å². The van der Waals surface area contributed by atoms with Crippen LogP contribution in [0.15, 0.2) is 65.3 Å². The maximum Gasteiger partial charge on any atom is 0.291 e. The van der Waals surface area contributed by atoms with Crippen molar-refractivity contribution in [3.63, 3.8) is 0 Å². The Morgan fingerprint density at radius 2 is 1.75 bits per heavy atom. The standard InChI is InChI=1S/C23H24N2O3/c1-16-7-8-18(17(2)15-16)5-3-13-24-22(26)19-9-11-20(12-10-19)25-23(27)21-6-4-14-28-21/h4,6-12,14-15H,3,5,13H2,1-2H3,(H,24,26)(H,25,27). The number of amides is 2. The number of anilines is 1. The highest BCUT2D eigenvalue weighted by Gasteiger charge is 2.10. The van der Waals surface area contributed by atoms with Crippen LogP contribution in [0.5, 0.6) is 0 Å². The van der Waals surface area contributed by atoms with Crippen molar-refractivity contribution in [2.75, 3.05) is 11.9 Å². The maximum absolute atomic E-state index is 12.3. The van der Waals surface area contributed by atoms with E-state index in [9.17, 15) is 9.59 Å². The molecule has 5 nitrogen and oxygen atoms in total. The van der Waals surface area contributed by atoms with E-state index in [0.717, 1.165) is 12.8 Å². The van der Waals surface area contributed by atoms with E-state index in [-0.39, 0.29) is 17.6 Å². The SMILES string of the molecule is Cc1ccc(CCCNC(=O)c2ccc(NC(=O)c3ccco3)cc2)c(C)c1. The van der Waals surface area contributed by atoms with Crippen LogP contribution in [0.4, 0.5) is 5.69 Å². The molecular weight excluding hydrogens is 352 g/mol. The van der Waals surface area contributed by atoms with Gasteiger partial charge in [0.25, 0.3) is 11.8 Å². The van der Waals surface area contributed by atoms with Crippen LogP contribution < -0.4 is 10.6 Å². The topological polar surface area (TPSA) is 71.3 Å². The molecule has 144 valence electrons. The molecule has 0 saturated heterocycles. The molecule has 3 aromatic rings. The molecule has 2 N–H and O–H groups in total. The maximum atomic E-state index is 12.3. The molecule has 1 aromatic heterocycles. The number of benzene rings is 2. The lowest BCUT2D eigenvalue weighted by Crippen LogP contribution is -2.24. The molecule has 0 atom stereocenters. The molecule has 0 aliphatic rings. The molecule has 0 fully saturated rings. The van der Waals surface area contributed by atoms with Crippen molar-refractivity contribution < 1.29 is 14.0 Å². The second-order valence-corrected chi connectivity index (χ2v) is 6.80. The first-order chi connectivity index (χ1) is 13.5. The number of furan rings is 1. The van der Waals surface area contributed by atoms with Crippen molar-refractivity contribution in [3.05, 3.63) is 88.9 Å². The first-order valence-corrected chi connectivity index (χ1v) is 9.32. The molecule has 1 heterocycles. The molecule has 0 aliphatic carbocycles. The van der Waals surface area contributed by atoms with Gasteiger partial charge >= 0.3 is 0 Å². The number of hydrogen-bond donors (Lipinski definition) is 2. The summed E-state index contributed by atoms with van der Waals surface area (Å²) >= 11 is 0. The molecule has 3 rings (SSSR count). The zero-order chi connectivity index (χ0) is 19.9. The summed E-state index contributed by atoms with van der Waals surface area (Å²) in [4.78, 5) is 24.2. The lowest BCUT2D eigenvalue weighted by atomic mass is 10.0. The lowest BCUT2D eigenvalue weighted by molar-refractivity contribution is 0.0952. The third kappa shape index (κ3) is 5.10. The van der Waals surface area contributed by atoms with E-state index in [4.69, 9.17) is 4.42 Å². The van der Waals surface area contributed by atoms with Crippen molar-refractivity contribution in [2.45, 2.75) is 26.7 Å². The van der Waals surface area contributed by atoms with E-state index in [1.807, 2.05) is 0 Å². The van der Waals surface area contributed by atoms with Gasteiger partial charge in [-0.15, -0.1) is 0 Å². The van der Waals surface area contributed by atoms with E-state index >= 15 is 0 Å². The van der Waals surface area contributed by atoms with Gasteiger partial charge in [-0.1, -0.05) is 23.8 Å². The van der Waals surface area contributed by atoms with Gasteiger partial charge in [-0.05, 0) is 74.2 Å². The normalized spacial score (nSPS) is 10.5. The molecule has 5 heteroatoms. The van der Waals surface area contributed by atoms with E-state index in [2.05, 4.69) is 42.7 Å². The third-order valence-corrected chi connectivity index (χ3v) is 4.56. The van der Waals surface area contributed by atoms with E-state index in [1.54, 1.807) is 36.4 Å². The van der Waals surface area contributed by atoms with Crippen LogP contribution in [0.1, 0.15) is 44.0 Å². The predicted molar refractivity (Wildman–Crippen MR) is 110 cm³/mol. The molecule has 0 saturated carbocycles. The average Bonchev–Trinajstić information content (AvgIpc) is 3.22. The molecular formula is C23H24N2O3. The summed E-state index contributed by atoms with van der Waals surface area (Å²) in [6, 6.07) is 16.5. The average molecular weight is 376 g/mol. The number of nitrogens with one attached hydrogen (secondary N) is 2. The smallest absolute Gasteiger partial charge is 0.291 e. The van der Waals surface area contributed by atoms with Crippen LogP contribution >= 0.6 is 0 Å². The largest absolute Gasteiger partial charge is 0.459 e. The summed E-state index contributed by atoms with van der Waals surface area (Å²) in [6.45, 7) is 4.82. The van der Waals surface area contributed by atoms with Crippen LogP contribution in [0.25, 0.3) is 0 Å². The summed E-state index contributed by atoms with van der Waals surface area (Å²) in [6.07, 6.45) is 3.26. The van der Waals surface area contributed by atoms with E-state index in [1.165, 1.54) is 23.0 Å². The lowest BCUT2D eigenvalue weighted by Gasteiger charge is -2.09. The van der Waals surface area contributed by atoms with Crippen LogP contribution in [-0.4, -0.2) is 18.4 Å². The number of aryl methyl sites for hydroxylation is 3.